The topological polar surface area (TPSA) is 96.0 Å². The van der Waals surface area contributed by atoms with Gasteiger partial charge in [-0.2, -0.15) is 0 Å². The summed E-state index contributed by atoms with van der Waals surface area (Å²) in [6.07, 6.45) is 2.08. The van der Waals surface area contributed by atoms with Gasteiger partial charge in [0.25, 0.3) is 10.0 Å². The number of rotatable bonds is 15. The monoisotopic (exact) mass is 727 g/mol. The Labute approximate surface area is 297 Å². The highest BCUT2D eigenvalue weighted by Crippen LogP contribution is 2.34. The Balaban J connectivity index is 1.85. The molecule has 1 N–H and O–H groups in total. The van der Waals surface area contributed by atoms with Crippen LogP contribution in [0.5, 0.6) is 5.75 Å². The predicted molar refractivity (Wildman–Crippen MR) is 195 cm³/mol. The molecule has 0 unspecified atom stereocenters. The number of para-hydroxylation sites is 2. The van der Waals surface area contributed by atoms with Crippen molar-refractivity contribution in [2.75, 3.05) is 23.7 Å². The Hall–Kier alpha value is -3.70. The van der Waals surface area contributed by atoms with Gasteiger partial charge in [-0.25, -0.2) is 8.42 Å². The molecular formula is C36H39Cl2N3O5S2. The molecule has 4 aromatic rings. The molecule has 0 radical (unpaired) electrons. The molecule has 0 aromatic heterocycles. The van der Waals surface area contributed by atoms with Crippen LogP contribution in [0.15, 0.2) is 107 Å². The van der Waals surface area contributed by atoms with Gasteiger partial charge in [0.15, 0.2) is 0 Å². The molecule has 254 valence electrons. The number of nitrogens with one attached hydrogen (secondary N) is 1. The van der Waals surface area contributed by atoms with Crippen molar-refractivity contribution in [3.05, 3.63) is 118 Å². The molecule has 4 rings (SSSR count). The minimum absolute atomic E-state index is 0.00817. The van der Waals surface area contributed by atoms with E-state index in [4.69, 9.17) is 27.9 Å². The summed E-state index contributed by atoms with van der Waals surface area (Å²) in [7, 11) is -4.30. The summed E-state index contributed by atoms with van der Waals surface area (Å²) in [4.78, 5) is 30.9. The van der Waals surface area contributed by atoms with Crippen LogP contribution in [-0.2, 0) is 32.6 Å². The lowest BCUT2D eigenvalue weighted by molar-refractivity contribution is -0.140. The summed E-state index contributed by atoms with van der Waals surface area (Å²) in [5, 5.41) is 3.58. The largest absolute Gasteiger partial charge is 0.492 e. The molecule has 1 atom stereocenters. The Morgan fingerprint density at radius 3 is 2.17 bits per heavy atom. The van der Waals surface area contributed by atoms with Gasteiger partial charge in [-0.3, -0.25) is 13.9 Å². The molecule has 0 aliphatic carbocycles. The SMILES string of the molecule is CCOc1ccccc1N(CC(=O)N(Cc1ccc(Cl)c(Cl)c1)[C@@H](Cc1ccccc1)C(=O)NC(C)C)S(=O)(=O)c1ccc(SC)cc1. The standard InChI is InChI=1S/C36H39Cl2N3O5S2/c1-5-46-34-14-10-9-13-32(34)41(48(44,45)29-18-16-28(47-4)17-19-29)24-35(42)40(23-27-15-20-30(37)31(38)21-27)33(36(43)39-25(2)3)22-26-11-7-6-8-12-26/h6-21,25,33H,5,22-24H2,1-4H3,(H,39,43)/t33-/m0/s1. The number of hydrogen-bond donors (Lipinski definition) is 1. The van der Waals surface area contributed by atoms with Gasteiger partial charge in [0.1, 0.15) is 18.3 Å². The molecule has 0 aliphatic rings. The first-order valence-electron chi connectivity index (χ1n) is 15.4. The van der Waals surface area contributed by atoms with E-state index in [1.165, 1.54) is 28.8 Å². The number of sulfonamides is 1. The van der Waals surface area contributed by atoms with Crippen molar-refractivity contribution in [3.63, 3.8) is 0 Å². The van der Waals surface area contributed by atoms with E-state index in [0.717, 1.165) is 14.8 Å². The molecule has 12 heteroatoms. The maximum absolute atomic E-state index is 14.7. The van der Waals surface area contributed by atoms with Crippen molar-refractivity contribution in [1.29, 1.82) is 0 Å². The average Bonchev–Trinajstić information content (AvgIpc) is 3.07. The van der Waals surface area contributed by atoms with Gasteiger partial charge in [0, 0.05) is 23.9 Å². The van der Waals surface area contributed by atoms with Crippen LogP contribution in [0.4, 0.5) is 5.69 Å². The summed E-state index contributed by atoms with van der Waals surface area (Å²) in [6, 6.07) is 26.3. The lowest BCUT2D eigenvalue weighted by Crippen LogP contribution is -2.54. The fraction of sp³-hybridized carbons (Fsp3) is 0.278. The van der Waals surface area contributed by atoms with Crippen molar-refractivity contribution < 1.29 is 22.7 Å². The number of amides is 2. The zero-order chi connectivity index (χ0) is 34.8. The first kappa shape index (κ1) is 37.1. The van der Waals surface area contributed by atoms with Gasteiger partial charge >= 0.3 is 0 Å². The van der Waals surface area contributed by atoms with E-state index < -0.39 is 28.5 Å². The van der Waals surface area contributed by atoms with Crippen LogP contribution in [0.1, 0.15) is 31.9 Å². The first-order valence-corrected chi connectivity index (χ1v) is 18.8. The fourth-order valence-corrected chi connectivity index (χ4v) is 7.25. The Bertz CT molecular complexity index is 1810. The van der Waals surface area contributed by atoms with Gasteiger partial charge < -0.3 is 15.0 Å². The Kier molecular flexibility index (Phi) is 13.2. The lowest BCUT2D eigenvalue weighted by Gasteiger charge is -2.34. The Morgan fingerprint density at radius 2 is 1.54 bits per heavy atom. The number of thioether (sulfide) groups is 1. The van der Waals surface area contributed by atoms with Crippen LogP contribution < -0.4 is 14.4 Å². The van der Waals surface area contributed by atoms with Gasteiger partial charge in [0.2, 0.25) is 11.8 Å². The summed E-state index contributed by atoms with van der Waals surface area (Å²) in [6.45, 7) is 5.09. The number of carbonyl (C=O) groups excluding carboxylic acids is 2. The fourth-order valence-electron chi connectivity index (χ4n) is 5.10. The second-order valence-electron chi connectivity index (χ2n) is 11.2. The average molecular weight is 729 g/mol. The van der Waals surface area contributed by atoms with Crippen molar-refractivity contribution in [2.45, 2.75) is 55.6 Å². The Morgan fingerprint density at radius 1 is 0.875 bits per heavy atom. The van der Waals surface area contributed by atoms with Crippen LogP contribution >= 0.6 is 35.0 Å². The highest BCUT2D eigenvalue weighted by Gasteiger charge is 2.35. The number of carbonyl (C=O) groups is 2. The van der Waals surface area contributed by atoms with Crippen molar-refractivity contribution in [1.82, 2.24) is 10.2 Å². The number of benzene rings is 4. The third-order valence-corrected chi connectivity index (χ3v) is 10.7. The van der Waals surface area contributed by atoms with E-state index >= 15 is 0 Å². The van der Waals surface area contributed by atoms with Gasteiger partial charge in [-0.1, -0.05) is 71.7 Å². The molecule has 8 nitrogen and oxygen atoms in total. The second-order valence-corrected chi connectivity index (χ2v) is 14.8. The highest BCUT2D eigenvalue weighted by atomic mass is 35.5. The molecule has 0 bridgehead atoms. The van der Waals surface area contributed by atoms with Crippen LogP contribution in [-0.4, -0.2) is 56.6 Å². The van der Waals surface area contributed by atoms with E-state index in [1.54, 1.807) is 61.5 Å². The number of ether oxygens (including phenoxy) is 1. The molecule has 0 saturated carbocycles. The normalized spacial score (nSPS) is 12.0. The zero-order valence-corrected chi connectivity index (χ0v) is 30.4. The molecular weight excluding hydrogens is 689 g/mol. The van der Waals surface area contributed by atoms with Crippen LogP contribution in [0.25, 0.3) is 0 Å². The summed E-state index contributed by atoms with van der Waals surface area (Å²) in [5.41, 5.74) is 1.64. The summed E-state index contributed by atoms with van der Waals surface area (Å²) in [5.74, 6) is -0.679. The highest BCUT2D eigenvalue weighted by molar-refractivity contribution is 7.98. The number of anilines is 1. The van der Waals surface area contributed by atoms with Gasteiger partial charge in [0.05, 0.1) is 27.2 Å². The molecule has 0 fully saturated rings. The molecule has 0 saturated heterocycles. The van der Waals surface area contributed by atoms with Gasteiger partial charge in [-0.05, 0) is 86.7 Å². The predicted octanol–water partition coefficient (Wildman–Crippen LogP) is 7.47. The van der Waals surface area contributed by atoms with E-state index in [0.29, 0.717) is 16.3 Å². The van der Waals surface area contributed by atoms with Crippen LogP contribution in [0.2, 0.25) is 10.0 Å². The van der Waals surface area contributed by atoms with E-state index in [9.17, 15) is 18.0 Å². The third-order valence-electron chi connectivity index (χ3n) is 7.40. The van der Waals surface area contributed by atoms with Crippen molar-refractivity contribution in [2.24, 2.45) is 0 Å². The van der Waals surface area contributed by atoms with Crippen molar-refractivity contribution >= 4 is 62.5 Å². The van der Waals surface area contributed by atoms with E-state index in [1.807, 2.05) is 50.4 Å². The number of halogens is 2. The lowest BCUT2D eigenvalue weighted by atomic mass is 10.0. The molecule has 2 amide bonds. The maximum Gasteiger partial charge on any atom is 0.264 e. The summed E-state index contributed by atoms with van der Waals surface area (Å²) >= 11 is 14.0. The number of hydrogen-bond acceptors (Lipinski definition) is 6. The second kappa shape index (κ2) is 17.1. The van der Waals surface area contributed by atoms with E-state index in [2.05, 4.69) is 5.32 Å². The molecule has 0 aliphatic heterocycles. The molecule has 48 heavy (non-hydrogen) atoms. The number of nitrogens with zero attached hydrogens (tertiary/aromatic N) is 2. The smallest absolute Gasteiger partial charge is 0.264 e. The first-order chi connectivity index (χ1) is 22.9. The summed E-state index contributed by atoms with van der Waals surface area (Å²) < 4.78 is 35.7. The maximum atomic E-state index is 14.7. The minimum Gasteiger partial charge on any atom is -0.492 e. The van der Waals surface area contributed by atoms with E-state index in [-0.39, 0.29) is 47.1 Å². The van der Waals surface area contributed by atoms with Crippen LogP contribution in [0, 0.1) is 0 Å². The molecule has 0 heterocycles. The quantitative estimate of drug-likeness (QED) is 0.128. The zero-order valence-electron chi connectivity index (χ0n) is 27.2. The third kappa shape index (κ3) is 9.47. The molecule has 0 spiro atoms. The van der Waals surface area contributed by atoms with Crippen LogP contribution in [0.3, 0.4) is 0 Å². The van der Waals surface area contributed by atoms with Crippen molar-refractivity contribution in [3.8, 4) is 5.75 Å². The minimum atomic E-state index is -4.30. The van der Waals surface area contributed by atoms with Gasteiger partial charge in [-0.15, -0.1) is 11.8 Å². The molecule has 4 aromatic carbocycles.